The molecular formula is C13H11ClN2O2. The van der Waals surface area contributed by atoms with Crippen LogP contribution in [0.3, 0.4) is 0 Å². The number of carbonyl (C=O) groups excluding carboxylic acids is 1. The smallest absolute Gasteiger partial charge is 0.257 e. The van der Waals surface area contributed by atoms with Crippen molar-refractivity contribution >= 4 is 23.2 Å². The third kappa shape index (κ3) is 2.78. The number of nitrogens with zero attached hydrogens (tertiary/aromatic N) is 1. The summed E-state index contributed by atoms with van der Waals surface area (Å²) in [5.41, 5.74) is 1.05. The van der Waals surface area contributed by atoms with Crippen LogP contribution in [0.15, 0.2) is 42.6 Å². The predicted octanol–water partition coefficient (Wildman–Crippen LogP) is 3.00. The lowest BCUT2D eigenvalue weighted by molar-refractivity contribution is 0.102. The molecule has 0 atom stereocenters. The fraction of sp³-hybridized carbons (Fsp3) is 0.0769. The van der Waals surface area contributed by atoms with E-state index in [9.17, 15) is 4.79 Å². The molecule has 1 N–H and O–H groups in total. The van der Waals surface area contributed by atoms with Crippen molar-refractivity contribution in [1.29, 1.82) is 0 Å². The Hall–Kier alpha value is -2.07. The highest BCUT2D eigenvalue weighted by molar-refractivity contribution is 6.29. The van der Waals surface area contributed by atoms with E-state index in [4.69, 9.17) is 16.3 Å². The van der Waals surface area contributed by atoms with Crippen LogP contribution < -0.4 is 10.1 Å². The van der Waals surface area contributed by atoms with Gasteiger partial charge in [0, 0.05) is 6.20 Å². The maximum Gasteiger partial charge on any atom is 0.257 e. The first-order chi connectivity index (χ1) is 8.70. The number of hydrogen-bond acceptors (Lipinski definition) is 3. The van der Waals surface area contributed by atoms with E-state index in [0.717, 1.165) is 0 Å². The van der Waals surface area contributed by atoms with E-state index in [2.05, 4.69) is 10.3 Å². The largest absolute Gasteiger partial charge is 0.495 e. The van der Waals surface area contributed by atoms with Gasteiger partial charge in [-0.05, 0) is 24.3 Å². The van der Waals surface area contributed by atoms with Crippen molar-refractivity contribution in [2.75, 3.05) is 12.4 Å². The standard InChI is InChI=1S/C13H11ClN2O2/c1-18-11-5-3-2-4-10(11)16-13(17)9-6-7-12(14)15-8-9/h2-8H,1H3,(H,16,17). The van der Waals surface area contributed by atoms with Crippen molar-refractivity contribution < 1.29 is 9.53 Å². The highest BCUT2D eigenvalue weighted by Crippen LogP contribution is 2.23. The number of amides is 1. The van der Waals surface area contributed by atoms with Gasteiger partial charge in [0.15, 0.2) is 0 Å². The van der Waals surface area contributed by atoms with E-state index in [1.807, 2.05) is 12.1 Å². The summed E-state index contributed by atoms with van der Waals surface area (Å²) >= 11 is 5.66. The number of methoxy groups -OCH3 is 1. The fourth-order valence-corrected chi connectivity index (χ4v) is 1.56. The summed E-state index contributed by atoms with van der Waals surface area (Å²) in [4.78, 5) is 15.8. The van der Waals surface area contributed by atoms with E-state index < -0.39 is 0 Å². The van der Waals surface area contributed by atoms with E-state index in [1.165, 1.54) is 6.20 Å². The number of pyridine rings is 1. The Morgan fingerprint density at radius 3 is 2.72 bits per heavy atom. The molecule has 0 spiro atoms. The molecule has 1 aromatic heterocycles. The topological polar surface area (TPSA) is 51.2 Å². The van der Waals surface area contributed by atoms with Crippen molar-refractivity contribution in [2.45, 2.75) is 0 Å². The third-order valence-corrected chi connectivity index (χ3v) is 2.57. The fourth-order valence-electron chi connectivity index (χ4n) is 1.45. The number of aromatic nitrogens is 1. The van der Waals surface area contributed by atoms with Crippen molar-refractivity contribution in [2.24, 2.45) is 0 Å². The van der Waals surface area contributed by atoms with E-state index in [0.29, 0.717) is 22.2 Å². The minimum absolute atomic E-state index is 0.260. The molecule has 1 heterocycles. The van der Waals surface area contributed by atoms with Gasteiger partial charge in [-0.3, -0.25) is 4.79 Å². The molecule has 0 aliphatic heterocycles. The molecule has 2 rings (SSSR count). The van der Waals surface area contributed by atoms with Gasteiger partial charge in [0.05, 0.1) is 18.4 Å². The van der Waals surface area contributed by atoms with E-state index >= 15 is 0 Å². The van der Waals surface area contributed by atoms with Gasteiger partial charge in [-0.2, -0.15) is 0 Å². The van der Waals surface area contributed by atoms with Crippen LogP contribution in [0, 0.1) is 0 Å². The average Bonchev–Trinajstić information content (AvgIpc) is 2.40. The second-order valence-electron chi connectivity index (χ2n) is 3.52. The van der Waals surface area contributed by atoms with Crippen LogP contribution in [0.4, 0.5) is 5.69 Å². The second-order valence-corrected chi connectivity index (χ2v) is 3.91. The molecule has 0 fully saturated rings. The number of carbonyl (C=O) groups is 1. The zero-order chi connectivity index (χ0) is 13.0. The molecule has 0 saturated carbocycles. The van der Waals surface area contributed by atoms with Gasteiger partial charge in [0.2, 0.25) is 0 Å². The number of hydrogen-bond donors (Lipinski definition) is 1. The Morgan fingerprint density at radius 1 is 1.28 bits per heavy atom. The Labute approximate surface area is 110 Å². The SMILES string of the molecule is COc1ccccc1NC(=O)c1ccc(Cl)nc1. The zero-order valence-corrected chi connectivity index (χ0v) is 10.4. The predicted molar refractivity (Wildman–Crippen MR) is 70.2 cm³/mol. The summed E-state index contributed by atoms with van der Waals surface area (Å²) < 4.78 is 5.15. The molecule has 0 aliphatic rings. The highest BCUT2D eigenvalue weighted by Gasteiger charge is 2.09. The highest BCUT2D eigenvalue weighted by atomic mass is 35.5. The van der Waals surface area contributed by atoms with Crippen molar-refractivity contribution in [3.05, 3.63) is 53.3 Å². The second kappa shape index (κ2) is 5.51. The van der Waals surface area contributed by atoms with Crippen molar-refractivity contribution in [1.82, 2.24) is 4.98 Å². The van der Waals surface area contributed by atoms with Gasteiger partial charge in [-0.1, -0.05) is 23.7 Å². The van der Waals surface area contributed by atoms with Gasteiger partial charge in [-0.25, -0.2) is 4.98 Å². The van der Waals surface area contributed by atoms with Crippen LogP contribution in [-0.2, 0) is 0 Å². The van der Waals surface area contributed by atoms with Gasteiger partial charge >= 0.3 is 0 Å². The van der Waals surface area contributed by atoms with Gasteiger partial charge in [0.25, 0.3) is 5.91 Å². The quantitative estimate of drug-likeness (QED) is 0.865. The molecule has 1 aromatic carbocycles. The molecule has 0 aliphatic carbocycles. The van der Waals surface area contributed by atoms with Gasteiger partial charge in [-0.15, -0.1) is 0 Å². The molecule has 92 valence electrons. The van der Waals surface area contributed by atoms with Crippen molar-refractivity contribution in [3.8, 4) is 5.75 Å². The maximum atomic E-state index is 11.9. The Bertz CT molecular complexity index is 555. The third-order valence-electron chi connectivity index (χ3n) is 2.34. The zero-order valence-electron chi connectivity index (χ0n) is 9.68. The van der Waals surface area contributed by atoms with Crippen molar-refractivity contribution in [3.63, 3.8) is 0 Å². The van der Waals surface area contributed by atoms with E-state index in [-0.39, 0.29) is 5.91 Å². The molecule has 2 aromatic rings. The number of nitrogens with one attached hydrogen (secondary N) is 1. The number of ether oxygens (including phenoxy) is 1. The van der Waals surface area contributed by atoms with Gasteiger partial charge < -0.3 is 10.1 Å². The summed E-state index contributed by atoms with van der Waals surface area (Å²) in [6.45, 7) is 0. The lowest BCUT2D eigenvalue weighted by Crippen LogP contribution is -2.12. The number of anilines is 1. The first-order valence-electron chi connectivity index (χ1n) is 5.26. The maximum absolute atomic E-state index is 11.9. The monoisotopic (exact) mass is 262 g/mol. The van der Waals surface area contributed by atoms with Crippen LogP contribution in [-0.4, -0.2) is 18.0 Å². The minimum atomic E-state index is -0.260. The molecule has 0 unspecified atom stereocenters. The molecule has 5 heteroatoms. The summed E-state index contributed by atoms with van der Waals surface area (Å²) in [5.74, 6) is 0.344. The summed E-state index contributed by atoms with van der Waals surface area (Å²) in [6, 6.07) is 10.4. The van der Waals surface area contributed by atoms with Crippen LogP contribution in [0.25, 0.3) is 0 Å². The molecule has 0 saturated heterocycles. The van der Waals surface area contributed by atoms with Crippen LogP contribution in [0.1, 0.15) is 10.4 Å². The summed E-state index contributed by atoms with van der Waals surface area (Å²) in [7, 11) is 1.55. The summed E-state index contributed by atoms with van der Waals surface area (Å²) in [6.07, 6.45) is 1.42. The number of halogens is 1. The number of rotatable bonds is 3. The molecule has 4 nitrogen and oxygen atoms in total. The first-order valence-corrected chi connectivity index (χ1v) is 5.64. The lowest BCUT2D eigenvalue weighted by Gasteiger charge is -2.09. The number of benzene rings is 1. The molecular weight excluding hydrogens is 252 g/mol. The molecule has 1 amide bonds. The summed E-state index contributed by atoms with van der Waals surface area (Å²) in [5, 5.41) is 3.10. The first kappa shape index (κ1) is 12.4. The normalized spacial score (nSPS) is 9.89. The minimum Gasteiger partial charge on any atom is -0.495 e. The Morgan fingerprint density at radius 2 is 2.06 bits per heavy atom. The number of para-hydroxylation sites is 2. The van der Waals surface area contributed by atoms with Crippen LogP contribution in [0.5, 0.6) is 5.75 Å². The molecule has 18 heavy (non-hydrogen) atoms. The van der Waals surface area contributed by atoms with E-state index in [1.54, 1.807) is 31.4 Å². The van der Waals surface area contributed by atoms with Crippen LogP contribution >= 0.6 is 11.6 Å². The Kier molecular flexibility index (Phi) is 3.79. The lowest BCUT2D eigenvalue weighted by atomic mass is 10.2. The molecule has 0 radical (unpaired) electrons. The molecule has 0 bridgehead atoms. The van der Waals surface area contributed by atoms with Gasteiger partial charge in [0.1, 0.15) is 10.9 Å². The Balaban J connectivity index is 2.18. The average molecular weight is 263 g/mol. The van der Waals surface area contributed by atoms with Crippen LogP contribution in [0.2, 0.25) is 5.15 Å².